The Kier molecular flexibility index (Phi) is 5.27. The first-order valence-corrected chi connectivity index (χ1v) is 9.69. The van der Waals surface area contributed by atoms with Crippen LogP contribution in [0.25, 0.3) is 0 Å². The van der Waals surface area contributed by atoms with Gasteiger partial charge < -0.3 is 9.16 Å². The normalized spacial score (nSPS) is 14.2. The highest BCUT2D eigenvalue weighted by Crippen LogP contribution is 2.37. The van der Waals surface area contributed by atoms with Crippen LogP contribution in [-0.2, 0) is 4.43 Å². The lowest BCUT2D eigenvalue weighted by atomic mass is 9.97. The van der Waals surface area contributed by atoms with E-state index in [0.29, 0.717) is 6.61 Å². The van der Waals surface area contributed by atoms with Crippen LogP contribution >= 0.6 is 0 Å². The van der Waals surface area contributed by atoms with Crippen LogP contribution in [0, 0.1) is 0 Å². The van der Waals surface area contributed by atoms with E-state index in [4.69, 9.17) is 17.0 Å². The molecule has 104 valence electrons. The molecule has 0 heterocycles. The predicted octanol–water partition coefficient (Wildman–Crippen LogP) is 3.27. The van der Waals surface area contributed by atoms with Crippen molar-refractivity contribution >= 4 is 21.6 Å². The average Bonchev–Trinajstić information content (AvgIpc) is 2.26. The quantitative estimate of drug-likeness (QED) is 0.768. The van der Waals surface area contributed by atoms with Gasteiger partial charge in [0.15, 0.2) is 8.32 Å². The van der Waals surface area contributed by atoms with Crippen molar-refractivity contribution < 1.29 is 9.16 Å². The number of ether oxygens (including phenoxy) is 1. The van der Waals surface area contributed by atoms with Gasteiger partial charge in [-0.05, 0) is 37.2 Å². The van der Waals surface area contributed by atoms with Crippen LogP contribution in [0.1, 0.15) is 27.7 Å². The highest BCUT2D eigenvalue weighted by Gasteiger charge is 2.38. The molecule has 0 aliphatic rings. The van der Waals surface area contributed by atoms with Gasteiger partial charge in [0.05, 0.1) is 6.10 Å². The Morgan fingerprint density at radius 1 is 1.16 bits per heavy atom. The van der Waals surface area contributed by atoms with Gasteiger partial charge in [-0.2, -0.15) is 0 Å². The molecule has 2 nitrogen and oxygen atoms in total. The van der Waals surface area contributed by atoms with Crippen molar-refractivity contribution in [2.24, 2.45) is 0 Å². The fourth-order valence-electron chi connectivity index (χ4n) is 1.49. The molecule has 1 aromatic carbocycles. The Hall–Kier alpha value is -0.738. The summed E-state index contributed by atoms with van der Waals surface area (Å²) in [5.41, 5.74) is 0.748. The van der Waals surface area contributed by atoms with Gasteiger partial charge >= 0.3 is 0 Å². The van der Waals surface area contributed by atoms with Crippen LogP contribution in [0.3, 0.4) is 0 Å². The molecule has 1 unspecified atom stereocenters. The lowest BCUT2D eigenvalue weighted by Crippen LogP contribution is -2.44. The van der Waals surface area contributed by atoms with Crippen LogP contribution in [0.2, 0.25) is 18.1 Å². The van der Waals surface area contributed by atoms with Crippen molar-refractivity contribution in [3.05, 3.63) is 24.3 Å². The first-order chi connectivity index (χ1) is 8.62. The van der Waals surface area contributed by atoms with Crippen molar-refractivity contribution in [3.63, 3.8) is 0 Å². The maximum Gasteiger partial charge on any atom is 0.192 e. The molecule has 0 fully saturated rings. The number of benzene rings is 1. The second-order valence-corrected chi connectivity index (χ2v) is 11.3. The second-order valence-electron chi connectivity index (χ2n) is 6.57. The van der Waals surface area contributed by atoms with Crippen LogP contribution in [0.5, 0.6) is 5.75 Å². The summed E-state index contributed by atoms with van der Waals surface area (Å²) in [4.78, 5) is 0. The zero-order valence-corrected chi connectivity index (χ0v) is 14.0. The second kappa shape index (κ2) is 6.14. The van der Waals surface area contributed by atoms with Gasteiger partial charge in [-0.1, -0.05) is 38.4 Å². The molecule has 0 spiro atoms. The van der Waals surface area contributed by atoms with Gasteiger partial charge in [0.1, 0.15) is 20.2 Å². The highest BCUT2D eigenvalue weighted by atomic mass is 28.4. The molecule has 0 aromatic heterocycles. The standard InChI is InChI=1S/C15H25BO2Si/c1-12(18-19(5,6)15(2,3)4)11-17-14-9-7-13(16)8-10-14/h7-10,12H,11H2,1-6H3. The lowest BCUT2D eigenvalue weighted by molar-refractivity contribution is 0.129. The largest absolute Gasteiger partial charge is 0.491 e. The first kappa shape index (κ1) is 16.3. The van der Waals surface area contributed by atoms with Crippen LogP contribution < -0.4 is 10.2 Å². The molecule has 0 aliphatic carbocycles. The first-order valence-electron chi connectivity index (χ1n) is 6.78. The molecule has 4 heteroatoms. The van der Waals surface area contributed by atoms with E-state index in [1.165, 1.54) is 0 Å². The SMILES string of the molecule is [B]c1ccc(OCC(C)O[Si](C)(C)C(C)(C)C)cc1. The van der Waals surface area contributed by atoms with Crippen molar-refractivity contribution in [3.8, 4) is 5.75 Å². The summed E-state index contributed by atoms with van der Waals surface area (Å²) in [5, 5.41) is 0.225. The molecule has 0 saturated carbocycles. The topological polar surface area (TPSA) is 18.5 Å². The summed E-state index contributed by atoms with van der Waals surface area (Å²) < 4.78 is 12.0. The third-order valence-corrected chi connectivity index (χ3v) is 8.27. The minimum absolute atomic E-state index is 0.0958. The van der Waals surface area contributed by atoms with Crippen molar-refractivity contribution in [1.82, 2.24) is 0 Å². The monoisotopic (exact) mass is 276 g/mol. The summed E-state index contributed by atoms with van der Waals surface area (Å²) in [7, 11) is 3.92. The van der Waals surface area contributed by atoms with E-state index in [9.17, 15) is 0 Å². The van der Waals surface area contributed by atoms with Gasteiger partial charge in [0, 0.05) is 0 Å². The molecule has 0 amide bonds. The fraction of sp³-hybridized carbons (Fsp3) is 0.600. The third kappa shape index (κ3) is 5.03. The molecule has 2 radical (unpaired) electrons. The summed E-state index contributed by atoms with van der Waals surface area (Å²) in [5.74, 6) is 0.833. The van der Waals surface area contributed by atoms with E-state index in [0.717, 1.165) is 11.2 Å². The molecule has 0 saturated heterocycles. The Morgan fingerprint density at radius 3 is 2.16 bits per heavy atom. The predicted molar refractivity (Wildman–Crippen MR) is 85.1 cm³/mol. The smallest absolute Gasteiger partial charge is 0.192 e. The Morgan fingerprint density at radius 2 is 1.68 bits per heavy atom. The molecular formula is C15H25BO2Si. The number of rotatable bonds is 5. The molecule has 1 rings (SSSR count). The van der Waals surface area contributed by atoms with E-state index < -0.39 is 8.32 Å². The molecule has 19 heavy (non-hydrogen) atoms. The van der Waals surface area contributed by atoms with E-state index in [2.05, 4.69) is 40.8 Å². The zero-order valence-electron chi connectivity index (χ0n) is 13.0. The highest BCUT2D eigenvalue weighted by molar-refractivity contribution is 6.74. The fourth-order valence-corrected chi connectivity index (χ4v) is 2.92. The van der Waals surface area contributed by atoms with E-state index >= 15 is 0 Å². The molecule has 0 aliphatic heterocycles. The Bertz CT molecular complexity index is 396. The molecule has 0 N–H and O–H groups in total. The Labute approximate surface area is 120 Å². The van der Waals surface area contributed by atoms with Crippen LogP contribution in [-0.4, -0.2) is 28.9 Å². The van der Waals surface area contributed by atoms with Crippen LogP contribution in [0.15, 0.2) is 24.3 Å². The maximum atomic E-state index is 6.24. The summed E-state index contributed by atoms with van der Waals surface area (Å²) in [6, 6.07) is 7.45. The maximum absolute atomic E-state index is 6.24. The van der Waals surface area contributed by atoms with E-state index in [1.54, 1.807) is 0 Å². The molecule has 1 atom stereocenters. The van der Waals surface area contributed by atoms with Crippen LogP contribution in [0.4, 0.5) is 0 Å². The third-order valence-electron chi connectivity index (χ3n) is 3.67. The van der Waals surface area contributed by atoms with Gasteiger partial charge in [0.2, 0.25) is 0 Å². The van der Waals surface area contributed by atoms with Gasteiger partial charge in [0.25, 0.3) is 0 Å². The van der Waals surface area contributed by atoms with Crippen molar-refractivity contribution in [2.75, 3.05) is 6.61 Å². The summed E-state index contributed by atoms with van der Waals surface area (Å²) in [6.07, 6.45) is 0.0958. The number of hydrogen-bond donors (Lipinski definition) is 0. The van der Waals surface area contributed by atoms with Crippen molar-refractivity contribution in [1.29, 1.82) is 0 Å². The molecule has 0 bridgehead atoms. The summed E-state index contributed by atoms with van der Waals surface area (Å²) in [6.45, 7) is 13.9. The zero-order chi connectivity index (χ0) is 14.7. The van der Waals surface area contributed by atoms with Gasteiger partial charge in [-0.15, -0.1) is 0 Å². The Balaban J connectivity index is 2.48. The van der Waals surface area contributed by atoms with E-state index in [1.807, 2.05) is 24.3 Å². The minimum Gasteiger partial charge on any atom is -0.491 e. The van der Waals surface area contributed by atoms with E-state index in [-0.39, 0.29) is 11.1 Å². The number of hydrogen-bond acceptors (Lipinski definition) is 2. The lowest BCUT2D eigenvalue weighted by Gasteiger charge is -2.38. The molecule has 1 aromatic rings. The van der Waals surface area contributed by atoms with Crippen molar-refractivity contribution in [2.45, 2.75) is 51.9 Å². The summed E-state index contributed by atoms with van der Waals surface area (Å²) >= 11 is 0. The van der Waals surface area contributed by atoms with Gasteiger partial charge in [-0.3, -0.25) is 0 Å². The van der Waals surface area contributed by atoms with Gasteiger partial charge in [-0.25, -0.2) is 0 Å². The molecular weight excluding hydrogens is 251 g/mol. The minimum atomic E-state index is -1.72. The average molecular weight is 276 g/mol.